The van der Waals surface area contributed by atoms with Crippen LogP contribution in [0.4, 0.5) is 0 Å². The van der Waals surface area contributed by atoms with Crippen LogP contribution in [0, 0.1) is 12.8 Å². The number of nitrogens with two attached hydrogens (primary N) is 1. The molecule has 4 nitrogen and oxygen atoms in total. The van der Waals surface area contributed by atoms with Crippen molar-refractivity contribution >= 4 is 5.91 Å². The zero-order valence-electron chi connectivity index (χ0n) is 13.0. The first-order valence-electron chi connectivity index (χ1n) is 7.77. The molecule has 0 saturated heterocycles. The highest BCUT2D eigenvalue weighted by atomic mass is 16.5. The first-order valence-corrected chi connectivity index (χ1v) is 7.77. The lowest BCUT2D eigenvalue weighted by Crippen LogP contribution is -2.40. The number of carbonyl (C=O) groups is 1. The van der Waals surface area contributed by atoms with Crippen molar-refractivity contribution in [3.8, 4) is 5.75 Å². The fraction of sp³-hybridized carbons (Fsp3) is 0.588. The highest BCUT2D eigenvalue weighted by Crippen LogP contribution is 2.24. The zero-order valence-corrected chi connectivity index (χ0v) is 13.0. The smallest absolute Gasteiger partial charge is 0.225 e. The summed E-state index contributed by atoms with van der Waals surface area (Å²) in [6.07, 6.45) is 3.90. The zero-order chi connectivity index (χ0) is 15.2. The molecule has 1 aromatic rings. The van der Waals surface area contributed by atoms with Gasteiger partial charge in [0.1, 0.15) is 12.4 Å². The molecule has 2 rings (SSSR count). The summed E-state index contributed by atoms with van der Waals surface area (Å²) in [5.74, 6) is 1.19. The second-order valence-electron chi connectivity index (χ2n) is 6.00. The van der Waals surface area contributed by atoms with E-state index in [1.807, 2.05) is 38.2 Å². The molecule has 1 saturated carbocycles. The molecule has 1 aromatic carbocycles. The molecule has 2 atom stereocenters. The number of hydrogen-bond donors (Lipinski definition) is 1. The first kappa shape index (κ1) is 15.8. The molecule has 116 valence electrons. The van der Waals surface area contributed by atoms with Crippen molar-refractivity contribution in [2.75, 3.05) is 20.2 Å². The minimum Gasteiger partial charge on any atom is -0.491 e. The van der Waals surface area contributed by atoms with Gasteiger partial charge in [-0.15, -0.1) is 0 Å². The summed E-state index contributed by atoms with van der Waals surface area (Å²) >= 11 is 0. The summed E-state index contributed by atoms with van der Waals surface area (Å²) in [6, 6.07) is 8.11. The Labute approximate surface area is 127 Å². The van der Waals surface area contributed by atoms with E-state index >= 15 is 0 Å². The quantitative estimate of drug-likeness (QED) is 0.905. The van der Waals surface area contributed by atoms with Gasteiger partial charge in [0.25, 0.3) is 0 Å². The molecule has 2 unspecified atom stereocenters. The van der Waals surface area contributed by atoms with Crippen LogP contribution in [0.1, 0.15) is 31.2 Å². The van der Waals surface area contributed by atoms with Gasteiger partial charge in [0.15, 0.2) is 0 Å². The minimum absolute atomic E-state index is 0.0946. The standard InChI is InChI=1S/C17H26N2O2/c1-13-6-3-4-9-16(13)21-11-10-19(2)17(20)14-7-5-8-15(18)12-14/h3-4,6,9,14-15H,5,7-8,10-12,18H2,1-2H3. The number of rotatable bonds is 5. The van der Waals surface area contributed by atoms with E-state index in [1.54, 1.807) is 4.90 Å². The number of aryl methyl sites for hydroxylation is 1. The number of hydrogen-bond acceptors (Lipinski definition) is 3. The molecule has 0 aliphatic heterocycles. The van der Waals surface area contributed by atoms with Crippen LogP contribution in [0.25, 0.3) is 0 Å². The first-order chi connectivity index (χ1) is 10.1. The van der Waals surface area contributed by atoms with Gasteiger partial charge in [0, 0.05) is 19.0 Å². The molecular weight excluding hydrogens is 264 g/mol. The lowest BCUT2D eigenvalue weighted by Gasteiger charge is -2.29. The number of amides is 1. The van der Waals surface area contributed by atoms with E-state index in [4.69, 9.17) is 10.5 Å². The molecule has 1 fully saturated rings. The Morgan fingerprint density at radius 3 is 2.86 bits per heavy atom. The fourth-order valence-corrected chi connectivity index (χ4v) is 2.88. The normalized spacial score (nSPS) is 21.9. The van der Waals surface area contributed by atoms with Crippen LogP contribution < -0.4 is 10.5 Å². The predicted octanol–water partition coefficient (Wildman–Crippen LogP) is 2.35. The molecular formula is C17H26N2O2. The molecule has 0 bridgehead atoms. The van der Waals surface area contributed by atoms with Gasteiger partial charge in [0.05, 0.1) is 6.54 Å². The molecule has 1 amide bonds. The van der Waals surface area contributed by atoms with Gasteiger partial charge in [-0.1, -0.05) is 24.6 Å². The van der Waals surface area contributed by atoms with Crippen molar-refractivity contribution in [1.82, 2.24) is 4.90 Å². The molecule has 1 aliphatic carbocycles. The van der Waals surface area contributed by atoms with Crippen LogP contribution in [-0.2, 0) is 4.79 Å². The Balaban J connectivity index is 1.77. The average molecular weight is 290 g/mol. The van der Waals surface area contributed by atoms with E-state index in [1.165, 1.54) is 0 Å². The van der Waals surface area contributed by atoms with Crippen molar-refractivity contribution in [2.45, 2.75) is 38.6 Å². The van der Waals surface area contributed by atoms with Gasteiger partial charge < -0.3 is 15.4 Å². The summed E-state index contributed by atoms with van der Waals surface area (Å²) in [6.45, 7) is 3.15. The van der Waals surface area contributed by atoms with Crippen LogP contribution in [0.5, 0.6) is 5.75 Å². The lowest BCUT2D eigenvalue weighted by atomic mass is 9.85. The van der Waals surface area contributed by atoms with Gasteiger partial charge in [-0.2, -0.15) is 0 Å². The van der Waals surface area contributed by atoms with E-state index in [9.17, 15) is 4.79 Å². The highest BCUT2D eigenvalue weighted by Gasteiger charge is 2.27. The van der Waals surface area contributed by atoms with Gasteiger partial charge in [-0.3, -0.25) is 4.79 Å². The Kier molecular flexibility index (Phi) is 5.62. The fourth-order valence-electron chi connectivity index (χ4n) is 2.88. The van der Waals surface area contributed by atoms with Gasteiger partial charge >= 0.3 is 0 Å². The van der Waals surface area contributed by atoms with E-state index in [-0.39, 0.29) is 17.9 Å². The lowest BCUT2D eigenvalue weighted by molar-refractivity contribution is -0.135. The Bertz CT molecular complexity index is 476. The van der Waals surface area contributed by atoms with Crippen LogP contribution in [0.2, 0.25) is 0 Å². The number of likely N-dealkylation sites (N-methyl/N-ethyl adjacent to an activating group) is 1. The Morgan fingerprint density at radius 2 is 2.14 bits per heavy atom. The van der Waals surface area contributed by atoms with Crippen molar-refractivity contribution < 1.29 is 9.53 Å². The van der Waals surface area contributed by atoms with Gasteiger partial charge in [0.2, 0.25) is 5.91 Å². The van der Waals surface area contributed by atoms with Crippen molar-refractivity contribution in [2.24, 2.45) is 11.7 Å². The number of benzene rings is 1. The topological polar surface area (TPSA) is 55.6 Å². The van der Waals surface area contributed by atoms with Gasteiger partial charge in [-0.25, -0.2) is 0 Å². The van der Waals surface area contributed by atoms with Crippen molar-refractivity contribution in [3.05, 3.63) is 29.8 Å². The van der Waals surface area contributed by atoms with Crippen LogP contribution in [0.15, 0.2) is 24.3 Å². The molecule has 1 aliphatic rings. The summed E-state index contributed by atoms with van der Waals surface area (Å²) in [4.78, 5) is 14.1. The van der Waals surface area contributed by atoms with E-state index in [0.29, 0.717) is 13.2 Å². The number of carbonyl (C=O) groups excluding carboxylic acids is 1. The SMILES string of the molecule is Cc1ccccc1OCCN(C)C(=O)C1CCCC(N)C1. The second-order valence-corrected chi connectivity index (χ2v) is 6.00. The number of ether oxygens (including phenoxy) is 1. The third kappa shape index (κ3) is 4.46. The Hall–Kier alpha value is -1.55. The average Bonchev–Trinajstić information content (AvgIpc) is 2.48. The Morgan fingerprint density at radius 1 is 1.38 bits per heavy atom. The van der Waals surface area contributed by atoms with Crippen molar-refractivity contribution in [3.63, 3.8) is 0 Å². The monoisotopic (exact) mass is 290 g/mol. The van der Waals surface area contributed by atoms with Crippen LogP contribution in [0.3, 0.4) is 0 Å². The second kappa shape index (κ2) is 7.46. The molecule has 0 aromatic heterocycles. The van der Waals surface area contributed by atoms with E-state index in [0.717, 1.165) is 37.0 Å². The molecule has 0 heterocycles. The molecule has 0 radical (unpaired) electrons. The summed E-state index contributed by atoms with van der Waals surface area (Å²) in [5.41, 5.74) is 7.08. The van der Waals surface area contributed by atoms with Crippen LogP contribution >= 0.6 is 0 Å². The highest BCUT2D eigenvalue weighted by molar-refractivity contribution is 5.78. The molecule has 0 spiro atoms. The van der Waals surface area contributed by atoms with Crippen molar-refractivity contribution in [1.29, 1.82) is 0 Å². The third-order valence-electron chi connectivity index (χ3n) is 4.22. The van der Waals surface area contributed by atoms with E-state index in [2.05, 4.69) is 0 Å². The van der Waals surface area contributed by atoms with Gasteiger partial charge in [-0.05, 0) is 37.8 Å². The summed E-state index contributed by atoms with van der Waals surface area (Å²) in [5, 5.41) is 0. The van der Waals surface area contributed by atoms with E-state index < -0.39 is 0 Å². The summed E-state index contributed by atoms with van der Waals surface area (Å²) < 4.78 is 5.75. The molecule has 4 heteroatoms. The maximum Gasteiger partial charge on any atom is 0.225 e. The summed E-state index contributed by atoms with van der Waals surface area (Å²) in [7, 11) is 1.85. The minimum atomic E-state index is 0.0946. The maximum atomic E-state index is 12.4. The molecule has 21 heavy (non-hydrogen) atoms. The maximum absolute atomic E-state index is 12.4. The molecule has 2 N–H and O–H groups in total. The largest absolute Gasteiger partial charge is 0.491 e. The number of para-hydroxylation sites is 1. The third-order valence-corrected chi connectivity index (χ3v) is 4.22. The number of nitrogens with zero attached hydrogens (tertiary/aromatic N) is 1. The predicted molar refractivity (Wildman–Crippen MR) is 84.2 cm³/mol. The van der Waals surface area contributed by atoms with Crippen LogP contribution in [-0.4, -0.2) is 37.0 Å².